The third-order valence-corrected chi connectivity index (χ3v) is 5.69. The van der Waals surface area contributed by atoms with Crippen LogP contribution in [0.25, 0.3) is 6.08 Å². The molecule has 1 N–H and O–H groups in total. The van der Waals surface area contributed by atoms with Crippen molar-refractivity contribution in [2.24, 2.45) is 0 Å². The Morgan fingerprint density at radius 3 is 2.41 bits per heavy atom. The summed E-state index contributed by atoms with van der Waals surface area (Å²) in [6, 6.07) is 20.5. The van der Waals surface area contributed by atoms with Gasteiger partial charge in [-0.3, -0.25) is 15.0 Å². The SMILES string of the molecule is COc1cc(/C=C2/C(=O)NN(c3ccccc3)C2=O)c(Br)cc1OCc1ccc(C)cc1. The first kappa shape index (κ1) is 21.6. The molecular formula is C25H21BrN2O4. The third-order valence-electron chi connectivity index (χ3n) is 5.00. The van der Waals surface area contributed by atoms with Crippen molar-refractivity contribution < 1.29 is 19.1 Å². The summed E-state index contributed by atoms with van der Waals surface area (Å²) in [7, 11) is 1.55. The van der Waals surface area contributed by atoms with Gasteiger partial charge in [0.1, 0.15) is 12.2 Å². The van der Waals surface area contributed by atoms with E-state index in [9.17, 15) is 9.59 Å². The van der Waals surface area contributed by atoms with Crippen LogP contribution in [-0.2, 0) is 16.2 Å². The number of nitrogens with one attached hydrogen (secondary N) is 1. The second kappa shape index (κ2) is 9.28. The van der Waals surface area contributed by atoms with Crippen molar-refractivity contribution in [3.8, 4) is 11.5 Å². The van der Waals surface area contributed by atoms with E-state index in [1.807, 2.05) is 37.3 Å². The van der Waals surface area contributed by atoms with E-state index >= 15 is 0 Å². The summed E-state index contributed by atoms with van der Waals surface area (Å²) in [6.07, 6.45) is 1.54. The van der Waals surface area contributed by atoms with E-state index in [1.54, 1.807) is 43.5 Å². The van der Waals surface area contributed by atoms with Crippen LogP contribution in [0.1, 0.15) is 16.7 Å². The smallest absolute Gasteiger partial charge is 0.282 e. The third kappa shape index (κ3) is 4.53. The molecule has 6 nitrogen and oxygen atoms in total. The van der Waals surface area contributed by atoms with Crippen LogP contribution >= 0.6 is 15.9 Å². The van der Waals surface area contributed by atoms with Gasteiger partial charge in [0, 0.05) is 4.47 Å². The zero-order chi connectivity index (χ0) is 22.7. The summed E-state index contributed by atoms with van der Waals surface area (Å²) in [6.45, 7) is 2.42. The van der Waals surface area contributed by atoms with Crippen molar-refractivity contribution in [1.82, 2.24) is 5.43 Å². The number of halogens is 1. The average molecular weight is 493 g/mol. The number of para-hydroxylation sites is 1. The van der Waals surface area contributed by atoms with Crippen LogP contribution in [0.15, 0.2) is 76.8 Å². The molecule has 0 aliphatic carbocycles. The molecule has 3 aromatic carbocycles. The Morgan fingerprint density at radius 1 is 1.00 bits per heavy atom. The Bertz CT molecular complexity index is 1190. The van der Waals surface area contributed by atoms with Gasteiger partial charge in [0.25, 0.3) is 11.8 Å². The number of ether oxygens (including phenoxy) is 2. The lowest BCUT2D eigenvalue weighted by molar-refractivity contribution is -0.117. The Labute approximate surface area is 194 Å². The first-order chi connectivity index (χ1) is 15.5. The van der Waals surface area contributed by atoms with E-state index in [0.717, 1.165) is 5.56 Å². The minimum absolute atomic E-state index is 0.0323. The van der Waals surface area contributed by atoms with Gasteiger partial charge in [0.15, 0.2) is 11.5 Å². The van der Waals surface area contributed by atoms with Gasteiger partial charge in [-0.2, -0.15) is 0 Å². The maximum atomic E-state index is 12.8. The zero-order valence-electron chi connectivity index (χ0n) is 17.6. The number of nitrogens with zero attached hydrogens (tertiary/aromatic N) is 1. The number of methoxy groups -OCH3 is 1. The highest BCUT2D eigenvalue weighted by Gasteiger charge is 2.34. The molecule has 32 heavy (non-hydrogen) atoms. The summed E-state index contributed by atoms with van der Waals surface area (Å²) in [4.78, 5) is 25.3. The fourth-order valence-corrected chi connectivity index (χ4v) is 3.69. The molecule has 0 bridgehead atoms. The van der Waals surface area contributed by atoms with Crippen molar-refractivity contribution in [3.63, 3.8) is 0 Å². The molecule has 0 saturated carbocycles. The Hall–Kier alpha value is -3.58. The number of hydrazine groups is 1. The summed E-state index contributed by atoms with van der Waals surface area (Å²) in [5, 5.41) is 1.23. The molecule has 1 heterocycles. The molecule has 0 radical (unpaired) electrons. The van der Waals surface area contributed by atoms with Gasteiger partial charge in [0.05, 0.1) is 12.8 Å². The van der Waals surface area contributed by atoms with Crippen LogP contribution in [0, 0.1) is 6.92 Å². The second-order valence-electron chi connectivity index (χ2n) is 7.27. The number of carbonyl (C=O) groups is 2. The minimum Gasteiger partial charge on any atom is -0.493 e. The molecule has 0 atom stereocenters. The summed E-state index contributed by atoms with van der Waals surface area (Å²) in [5.74, 6) is 0.157. The molecule has 2 amide bonds. The monoisotopic (exact) mass is 492 g/mol. The van der Waals surface area contributed by atoms with Crippen molar-refractivity contribution in [3.05, 3.63) is 93.5 Å². The number of rotatable bonds is 6. The number of carbonyl (C=O) groups excluding carboxylic acids is 2. The molecule has 7 heteroatoms. The fourth-order valence-electron chi connectivity index (χ4n) is 3.25. The molecule has 0 unspecified atom stereocenters. The molecule has 0 aromatic heterocycles. The van der Waals surface area contributed by atoms with Crippen LogP contribution < -0.4 is 19.9 Å². The van der Waals surface area contributed by atoms with Crippen molar-refractivity contribution in [2.45, 2.75) is 13.5 Å². The molecule has 0 spiro atoms. The van der Waals surface area contributed by atoms with Gasteiger partial charge in [-0.25, -0.2) is 5.01 Å². The second-order valence-corrected chi connectivity index (χ2v) is 8.13. The van der Waals surface area contributed by atoms with Crippen molar-refractivity contribution >= 4 is 39.5 Å². The first-order valence-corrected chi connectivity index (χ1v) is 10.7. The summed E-state index contributed by atoms with van der Waals surface area (Å²) < 4.78 is 12.1. The van der Waals surface area contributed by atoms with Crippen LogP contribution in [0.4, 0.5) is 5.69 Å². The van der Waals surface area contributed by atoms with Crippen LogP contribution in [0.3, 0.4) is 0 Å². The fraction of sp³-hybridized carbons (Fsp3) is 0.120. The highest BCUT2D eigenvalue weighted by molar-refractivity contribution is 9.10. The normalized spacial score (nSPS) is 14.6. The minimum atomic E-state index is -0.468. The molecule has 1 aliphatic rings. The van der Waals surface area contributed by atoms with Gasteiger partial charge in [0.2, 0.25) is 0 Å². The maximum Gasteiger partial charge on any atom is 0.282 e. The topological polar surface area (TPSA) is 67.9 Å². The largest absolute Gasteiger partial charge is 0.493 e. The number of amides is 2. The molecule has 162 valence electrons. The predicted octanol–water partition coefficient (Wildman–Crippen LogP) is 4.81. The Kier molecular flexibility index (Phi) is 6.28. The zero-order valence-corrected chi connectivity index (χ0v) is 19.2. The lowest BCUT2D eigenvalue weighted by Gasteiger charge is -2.14. The highest BCUT2D eigenvalue weighted by Crippen LogP contribution is 2.35. The lowest BCUT2D eigenvalue weighted by atomic mass is 10.1. The molecular weight excluding hydrogens is 472 g/mol. The van der Waals surface area contributed by atoms with Crippen LogP contribution in [0.2, 0.25) is 0 Å². The number of anilines is 1. The average Bonchev–Trinajstić information content (AvgIpc) is 3.09. The predicted molar refractivity (Wildman–Crippen MR) is 126 cm³/mol. The number of aryl methyl sites for hydroxylation is 1. The number of hydrogen-bond acceptors (Lipinski definition) is 4. The number of benzene rings is 3. The van der Waals surface area contributed by atoms with E-state index in [1.165, 1.54) is 16.6 Å². The molecule has 3 aromatic rings. The van der Waals surface area contributed by atoms with Crippen molar-refractivity contribution in [1.29, 1.82) is 0 Å². The molecule has 4 rings (SSSR count). The number of hydrogen-bond donors (Lipinski definition) is 1. The maximum absolute atomic E-state index is 12.8. The van der Waals surface area contributed by atoms with E-state index < -0.39 is 11.8 Å². The van der Waals surface area contributed by atoms with Gasteiger partial charge in [-0.15, -0.1) is 0 Å². The summed E-state index contributed by atoms with van der Waals surface area (Å²) in [5.41, 5.74) is 6.06. The van der Waals surface area contributed by atoms with Gasteiger partial charge in [-0.05, 0) is 48.4 Å². The Balaban J connectivity index is 1.58. The van der Waals surface area contributed by atoms with E-state index in [4.69, 9.17) is 9.47 Å². The molecule has 1 aliphatic heterocycles. The Morgan fingerprint density at radius 2 is 1.72 bits per heavy atom. The first-order valence-electron chi connectivity index (χ1n) is 9.94. The van der Waals surface area contributed by atoms with Crippen molar-refractivity contribution in [2.75, 3.05) is 12.1 Å². The quantitative estimate of drug-likeness (QED) is 0.396. The molecule has 1 fully saturated rings. The standard InChI is InChI=1S/C25H21BrN2O4/c1-16-8-10-17(11-9-16)15-32-23-14-21(26)18(13-22(23)31-2)12-20-24(29)27-28(25(20)30)19-6-4-3-5-7-19/h3-14H,15H2,1-2H3,(H,27,29)/b20-12-. The van der Waals surface area contributed by atoms with Crippen LogP contribution in [-0.4, -0.2) is 18.9 Å². The molecule has 1 saturated heterocycles. The van der Waals surface area contributed by atoms with Gasteiger partial charge < -0.3 is 9.47 Å². The van der Waals surface area contributed by atoms with E-state index in [2.05, 4.69) is 21.4 Å². The lowest BCUT2D eigenvalue weighted by Crippen LogP contribution is -2.35. The van der Waals surface area contributed by atoms with Crippen LogP contribution in [0.5, 0.6) is 11.5 Å². The van der Waals surface area contributed by atoms with Gasteiger partial charge in [-0.1, -0.05) is 64.0 Å². The van der Waals surface area contributed by atoms with E-state index in [0.29, 0.717) is 33.8 Å². The summed E-state index contributed by atoms with van der Waals surface area (Å²) >= 11 is 3.52. The van der Waals surface area contributed by atoms with Gasteiger partial charge >= 0.3 is 0 Å². The van der Waals surface area contributed by atoms with E-state index in [-0.39, 0.29) is 5.57 Å². The highest BCUT2D eigenvalue weighted by atomic mass is 79.9.